The van der Waals surface area contributed by atoms with Crippen molar-refractivity contribution in [2.75, 3.05) is 28.2 Å². The summed E-state index contributed by atoms with van der Waals surface area (Å²) in [6, 6.07) is 0. The fourth-order valence-corrected chi connectivity index (χ4v) is 4.32. The van der Waals surface area contributed by atoms with Gasteiger partial charge in [-0.1, -0.05) is 20.8 Å². The third kappa shape index (κ3) is 4.87. The average Bonchev–Trinajstić information content (AvgIpc) is 2.29. The molecule has 0 aliphatic rings. The van der Waals surface area contributed by atoms with Gasteiger partial charge in [0, 0.05) is 19.9 Å². The second kappa shape index (κ2) is 9.66. The molecule has 1 unspecified atom stereocenters. The highest BCUT2D eigenvalue weighted by Gasteiger charge is 2.57. The second-order valence-electron chi connectivity index (χ2n) is 5.55. The minimum absolute atomic E-state index is 0. The number of likely N-dealkylation sites (N-methyl/N-ethyl adjacent to an activating group) is 1. The van der Waals surface area contributed by atoms with E-state index in [-0.39, 0.29) is 39.5 Å². The lowest BCUT2D eigenvalue weighted by molar-refractivity contribution is -0.930. The Hall–Kier alpha value is 0.700. The van der Waals surface area contributed by atoms with E-state index in [4.69, 9.17) is 5.73 Å². The van der Waals surface area contributed by atoms with Gasteiger partial charge < -0.3 is 32.3 Å². The smallest absolute Gasteiger partial charge is 0.172 e. The summed E-state index contributed by atoms with van der Waals surface area (Å²) in [5, 5.41) is 11.6. The maximum Gasteiger partial charge on any atom is 0.172 e. The van der Waals surface area contributed by atoms with Crippen molar-refractivity contribution in [1.29, 1.82) is 0 Å². The summed E-state index contributed by atoms with van der Waals surface area (Å²) in [5.41, 5.74) is 5.58. The fourth-order valence-electron chi connectivity index (χ4n) is 2.99. The first-order chi connectivity index (χ1) is 8.14. The summed E-state index contributed by atoms with van der Waals surface area (Å²) >= 11 is 1.30. The number of aliphatic imine (C=N–C) groups is 1. The van der Waals surface area contributed by atoms with Gasteiger partial charge in [-0.25, -0.2) is 0 Å². The van der Waals surface area contributed by atoms with Crippen LogP contribution in [0, 0.1) is 0 Å². The quantitative estimate of drug-likeness (QED) is 0.258. The molecule has 0 saturated carbocycles. The monoisotopic (exact) mass is 435 g/mol. The Morgan fingerprint density at radius 2 is 1.55 bits per heavy atom. The highest BCUT2D eigenvalue weighted by molar-refractivity contribution is 8.93. The molecule has 4 nitrogen and oxygen atoms in total. The minimum atomic E-state index is -0.904. The molecule has 0 bridgehead atoms. The van der Waals surface area contributed by atoms with E-state index in [1.54, 1.807) is 7.05 Å². The summed E-state index contributed by atoms with van der Waals surface area (Å²) in [7, 11) is 8.05. The first-order valence-electron chi connectivity index (χ1n) is 6.59. The second-order valence-corrected chi connectivity index (χ2v) is 6.85. The zero-order valence-electron chi connectivity index (χ0n) is 13.7. The molecule has 0 heterocycles. The van der Waals surface area contributed by atoms with Crippen molar-refractivity contribution in [2.24, 2.45) is 10.7 Å². The molecule has 0 rings (SSSR count). The molecule has 3 N–H and O–H groups in total. The lowest BCUT2D eigenvalue weighted by Gasteiger charge is -2.53. The number of nitrogens with two attached hydrogens (primary N) is 1. The zero-order chi connectivity index (χ0) is 14.6. The van der Waals surface area contributed by atoms with Crippen LogP contribution in [-0.2, 0) is 0 Å². The molecule has 7 heteroatoms. The van der Waals surface area contributed by atoms with E-state index < -0.39 is 4.93 Å². The first kappa shape index (κ1) is 25.6. The predicted molar refractivity (Wildman–Crippen MR) is 92.0 cm³/mol. The van der Waals surface area contributed by atoms with Gasteiger partial charge in [0.05, 0.1) is 21.1 Å². The van der Waals surface area contributed by atoms with Crippen molar-refractivity contribution in [3.05, 3.63) is 0 Å². The van der Waals surface area contributed by atoms with Crippen LogP contribution in [0.2, 0.25) is 0 Å². The predicted octanol–water partition coefficient (Wildman–Crippen LogP) is -0.390. The molecule has 0 aromatic heterocycles. The van der Waals surface area contributed by atoms with Gasteiger partial charge in [0.25, 0.3) is 0 Å². The van der Waals surface area contributed by atoms with Crippen molar-refractivity contribution in [1.82, 2.24) is 0 Å². The first-order valence-corrected chi connectivity index (χ1v) is 7.41. The fraction of sp³-hybridized carbons (Fsp3) is 0.923. The van der Waals surface area contributed by atoms with E-state index in [2.05, 4.69) is 40.0 Å². The van der Waals surface area contributed by atoms with Crippen LogP contribution in [-0.4, -0.2) is 53.4 Å². The Kier molecular flexibility index (Phi) is 12.4. The normalized spacial score (nSPS) is 15.9. The summed E-state index contributed by atoms with van der Waals surface area (Å²) in [6.45, 7) is 6.27. The van der Waals surface area contributed by atoms with Gasteiger partial charge in [-0.2, -0.15) is 0 Å². The molecular weight excluding hydrogens is 406 g/mol. The number of rotatable bonds is 6. The summed E-state index contributed by atoms with van der Waals surface area (Å²) in [4.78, 5) is 3.07. The number of amidine groups is 1. The Morgan fingerprint density at radius 1 is 1.15 bits per heavy atom. The number of aliphatic hydroxyl groups is 1. The average molecular weight is 437 g/mol. The number of nitrogens with zero attached hydrogens (tertiary/aromatic N) is 2. The number of quaternary nitrogens is 1. The van der Waals surface area contributed by atoms with Crippen molar-refractivity contribution in [2.45, 2.75) is 50.5 Å². The van der Waals surface area contributed by atoms with Crippen LogP contribution in [0.1, 0.15) is 40.0 Å². The highest BCUT2D eigenvalue weighted by Crippen LogP contribution is 2.46. The molecule has 124 valence electrons. The molecule has 0 aliphatic heterocycles. The van der Waals surface area contributed by atoms with Crippen LogP contribution >= 0.6 is 28.7 Å². The number of halogens is 2. The largest absolute Gasteiger partial charge is 1.00 e. The lowest BCUT2D eigenvalue weighted by atomic mass is 9.81. The van der Waals surface area contributed by atoms with E-state index in [0.717, 1.165) is 12.8 Å². The molecule has 0 spiro atoms. The van der Waals surface area contributed by atoms with Gasteiger partial charge in [0.15, 0.2) is 10.1 Å². The van der Waals surface area contributed by atoms with Crippen LogP contribution in [0.25, 0.3) is 0 Å². The minimum Gasteiger partial charge on any atom is -1.00 e. The van der Waals surface area contributed by atoms with E-state index in [1.165, 1.54) is 11.8 Å². The van der Waals surface area contributed by atoms with Crippen molar-refractivity contribution >= 4 is 33.9 Å². The van der Waals surface area contributed by atoms with Gasteiger partial charge in [-0.3, -0.25) is 4.99 Å². The standard InChI is InChI=1S/C13H30N3OS.2BrH/c1-8-12(9-2,16(5,6)7)13(17,10-3)18-11(14)15-4;;/h17H,8-10H2,1-7H3,(H2,14,15);2*1H/q+1;;/p-1. The zero-order valence-corrected chi connectivity index (χ0v) is 17.9. The van der Waals surface area contributed by atoms with Crippen LogP contribution in [0.3, 0.4) is 0 Å². The Bertz CT molecular complexity index is 304. The molecule has 0 saturated heterocycles. The molecule has 0 aromatic carbocycles. The Balaban J connectivity index is -0.00000144. The van der Waals surface area contributed by atoms with E-state index in [0.29, 0.717) is 16.1 Å². The summed E-state index contributed by atoms with van der Waals surface area (Å²) < 4.78 is 0.703. The van der Waals surface area contributed by atoms with Gasteiger partial charge in [0.1, 0.15) is 5.54 Å². The highest BCUT2D eigenvalue weighted by atomic mass is 79.9. The molecule has 0 aliphatic carbocycles. The van der Waals surface area contributed by atoms with E-state index >= 15 is 0 Å². The summed E-state index contributed by atoms with van der Waals surface area (Å²) in [6.07, 6.45) is 2.42. The number of hydrogen-bond donors (Lipinski definition) is 2. The van der Waals surface area contributed by atoms with E-state index in [9.17, 15) is 5.11 Å². The molecule has 0 aromatic rings. The summed E-state index contributed by atoms with van der Waals surface area (Å²) in [5.74, 6) is 0. The molecule has 1 atom stereocenters. The maximum atomic E-state index is 11.2. The van der Waals surface area contributed by atoms with E-state index in [1.807, 2.05) is 6.92 Å². The maximum absolute atomic E-state index is 11.2. The number of hydrogen-bond acceptors (Lipinski definition) is 3. The topological polar surface area (TPSA) is 58.6 Å². The van der Waals surface area contributed by atoms with Crippen LogP contribution < -0.4 is 22.7 Å². The Morgan fingerprint density at radius 3 is 1.75 bits per heavy atom. The van der Waals surface area contributed by atoms with Crippen molar-refractivity contribution in [3.8, 4) is 0 Å². The molecule has 0 radical (unpaired) electrons. The SMILES string of the molecule is Br.CCC(O)(SC(N)=NC)C(CC)(CC)[N+](C)(C)C.[Br-]. The van der Waals surface area contributed by atoms with Crippen LogP contribution in [0.4, 0.5) is 0 Å². The van der Waals surface area contributed by atoms with Gasteiger partial charge in [0.2, 0.25) is 0 Å². The van der Waals surface area contributed by atoms with Crippen molar-refractivity contribution in [3.63, 3.8) is 0 Å². The molecule has 20 heavy (non-hydrogen) atoms. The lowest BCUT2D eigenvalue weighted by Crippen LogP contribution is -3.00. The molecule has 0 fully saturated rings. The molecule has 0 amide bonds. The van der Waals surface area contributed by atoms with Crippen LogP contribution in [0.5, 0.6) is 0 Å². The third-order valence-electron chi connectivity index (χ3n) is 4.15. The van der Waals surface area contributed by atoms with Gasteiger partial charge >= 0.3 is 0 Å². The van der Waals surface area contributed by atoms with Crippen LogP contribution in [0.15, 0.2) is 4.99 Å². The third-order valence-corrected chi connectivity index (χ3v) is 5.55. The van der Waals surface area contributed by atoms with Gasteiger partial charge in [-0.15, -0.1) is 17.0 Å². The molecular formula is C13H31Br2N3OS. The number of thioether (sulfide) groups is 1. The van der Waals surface area contributed by atoms with Crippen molar-refractivity contribution < 1.29 is 26.6 Å². The van der Waals surface area contributed by atoms with Gasteiger partial charge in [-0.05, 0) is 18.2 Å². The Labute approximate surface area is 149 Å².